The predicted molar refractivity (Wildman–Crippen MR) is 40.2 cm³/mol. The number of rotatable bonds is 0. The molecule has 0 bridgehead atoms. The van der Waals surface area contributed by atoms with Gasteiger partial charge in [0.05, 0.1) is 6.26 Å². The molecule has 0 fully saturated rings. The zero-order chi connectivity index (χ0) is 6.81. The average molecular weight is 134 g/mol. The molecule has 0 saturated carbocycles. The fourth-order valence-corrected chi connectivity index (χ4v) is 1.31. The van der Waals surface area contributed by atoms with Gasteiger partial charge in [-0.15, -0.1) is 0 Å². The summed E-state index contributed by atoms with van der Waals surface area (Å²) in [5, 5.41) is 0. The Bertz CT molecular complexity index is 211. The van der Waals surface area contributed by atoms with E-state index in [2.05, 4.69) is 24.3 Å². The van der Waals surface area contributed by atoms with Crippen LogP contribution in [0.25, 0.3) is 0 Å². The second-order valence-electron chi connectivity index (χ2n) is 2.60. The molecule has 0 aromatic carbocycles. The van der Waals surface area contributed by atoms with Crippen LogP contribution in [0.2, 0.25) is 0 Å². The van der Waals surface area contributed by atoms with Gasteiger partial charge >= 0.3 is 0 Å². The minimum absolute atomic E-state index is 0.527. The van der Waals surface area contributed by atoms with Crippen molar-refractivity contribution >= 4 is 0 Å². The van der Waals surface area contributed by atoms with Crippen LogP contribution in [0, 0.1) is 5.92 Å². The highest BCUT2D eigenvalue weighted by atomic mass is 16.5. The van der Waals surface area contributed by atoms with Crippen molar-refractivity contribution in [1.82, 2.24) is 0 Å². The van der Waals surface area contributed by atoms with Gasteiger partial charge < -0.3 is 4.74 Å². The van der Waals surface area contributed by atoms with E-state index >= 15 is 0 Å². The van der Waals surface area contributed by atoms with Crippen LogP contribution < -0.4 is 0 Å². The van der Waals surface area contributed by atoms with Gasteiger partial charge in [0.25, 0.3) is 0 Å². The molecular weight excluding hydrogens is 124 g/mol. The van der Waals surface area contributed by atoms with Crippen molar-refractivity contribution in [2.75, 3.05) is 0 Å². The molecule has 2 aliphatic rings. The Morgan fingerprint density at radius 1 is 1.40 bits per heavy atom. The van der Waals surface area contributed by atoms with Crippen molar-refractivity contribution in [1.29, 1.82) is 0 Å². The lowest BCUT2D eigenvalue weighted by Gasteiger charge is -2.03. The minimum Gasteiger partial charge on any atom is -0.469 e. The summed E-state index contributed by atoms with van der Waals surface area (Å²) >= 11 is 0. The predicted octanol–water partition coefficient (Wildman–Crippen LogP) is 2.38. The molecule has 2 rings (SSSR count). The van der Waals surface area contributed by atoms with Gasteiger partial charge in [-0.25, -0.2) is 0 Å². The maximum absolute atomic E-state index is 5.28. The van der Waals surface area contributed by atoms with E-state index in [0.717, 1.165) is 18.6 Å². The lowest BCUT2D eigenvalue weighted by Crippen LogP contribution is -1.93. The highest BCUT2D eigenvalue weighted by Gasteiger charge is 2.16. The summed E-state index contributed by atoms with van der Waals surface area (Å²) < 4.78 is 5.28. The molecule has 1 nitrogen and oxygen atoms in total. The van der Waals surface area contributed by atoms with E-state index in [1.807, 2.05) is 0 Å². The first-order chi connectivity index (χ1) is 4.97. The summed E-state index contributed by atoms with van der Waals surface area (Å²) in [4.78, 5) is 0. The average Bonchev–Trinajstić information content (AvgIpc) is 2.28. The summed E-state index contributed by atoms with van der Waals surface area (Å²) in [6.07, 6.45) is 12.6. The number of hydrogen-bond acceptors (Lipinski definition) is 1. The molecule has 52 valence electrons. The standard InChI is InChI=1S/C9H10O/c1-2-4-8-6-7-10-9(8)5-3-1/h1-2,5-8H,3-4H2. The Morgan fingerprint density at radius 3 is 3.40 bits per heavy atom. The molecular formula is C9H10O. The van der Waals surface area contributed by atoms with Gasteiger partial charge in [-0.1, -0.05) is 12.2 Å². The molecule has 1 atom stereocenters. The van der Waals surface area contributed by atoms with Crippen molar-refractivity contribution < 1.29 is 4.74 Å². The number of allylic oxidation sites excluding steroid dienone is 4. The molecule has 0 N–H and O–H groups in total. The van der Waals surface area contributed by atoms with Crippen LogP contribution in [0.4, 0.5) is 0 Å². The molecule has 10 heavy (non-hydrogen) atoms. The fourth-order valence-electron chi connectivity index (χ4n) is 1.31. The second kappa shape index (κ2) is 2.33. The van der Waals surface area contributed by atoms with Gasteiger partial charge in [-0.05, 0) is 25.0 Å². The zero-order valence-corrected chi connectivity index (χ0v) is 5.79. The molecule has 1 aliphatic heterocycles. The second-order valence-corrected chi connectivity index (χ2v) is 2.60. The summed E-state index contributed by atoms with van der Waals surface area (Å²) in [5.74, 6) is 1.66. The fraction of sp³-hybridized carbons (Fsp3) is 0.333. The molecule has 1 heterocycles. The van der Waals surface area contributed by atoms with Crippen LogP contribution in [0.3, 0.4) is 0 Å². The lowest BCUT2D eigenvalue weighted by atomic mass is 10.1. The van der Waals surface area contributed by atoms with Gasteiger partial charge in [0.1, 0.15) is 5.76 Å². The third-order valence-corrected chi connectivity index (χ3v) is 1.89. The van der Waals surface area contributed by atoms with E-state index in [9.17, 15) is 0 Å². The molecule has 0 saturated heterocycles. The maximum atomic E-state index is 5.28. The number of fused-ring (bicyclic) bond motifs is 1. The maximum Gasteiger partial charge on any atom is 0.107 e. The molecule has 1 unspecified atom stereocenters. The first-order valence-electron chi connectivity index (χ1n) is 3.65. The smallest absolute Gasteiger partial charge is 0.107 e. The van der Waals surface area contributed by atoms with Crippen LogP contribution in [0.15, 0.2) is 36.3 Å². The van der Waals surface area contributed by atoms with Crippen LogP contribution in [-0.4, -0.2) is 0 Å². The Labute approximate surface area is 60.7 Å². The van der Waals surface area contributed by atoms with Crippen molar-refractivity contribution in [2.45, 2.75) is 12.8 Å². The highest BCUT2D eigenvalue weighted by molar-refractivity contribution is 5.18. The SMILES string of the molecule is C1=CCC2C=COC2=CC1. The third-order valence-electron chi connectivity index (χ3n) is 1.89. The van der Waals surface area contributed by atoms with Crippen molar-refractivity contribution in [2.24, 2.45) is 5.92 Å². The van der Waals surface area contributed by atoms with Gasteiger partial charge in [0, 0.05) is 5.92 Å². The Morgan fingerprint density at radius 2 is 2.40 bits per heavy atom. The summed E-state index contributed by atoms with van der Waals surface area (Å²) in [5.41, 5.74) is 0. The lowest BCUT2D eigenvalue weighted by molar-refractivity contribution is 0.342. The highest BCUT2D eigenvalue weighted by Crippen LogP contribution is 2.27. The van der Waals surface area contributed by atoms with E-state index in [1.54, 1.807) is 6.26 Å². The first-order valence-corrected chi connectivity index (χ1v) is 3.65. The van der Waals surface area contributed by atoms with Crippen LogP contribution >= 0.6 is 0 Å². The van der Waals surface area contributed by atoms with E-state index in [4.69, 9.17) is 4.74 Å². The van der Waals surface area contributed by atoms with E-state index < -0.39 is 0 Å². The van der Waals surface area contributed by atoms with Gasteiger partial charge in [0.15, 0.2) is 0 Å². The molecule has 0 radical (unpaired) electrons. The number of hydrogen-bond donors (Lipinski definition) is 0. The third kappa shape index (κ3) is 0.878. The van der Waals surface area contributed by atoms with Crippen molar-refractivity contribution in [3.05, 3.63) is 36.3 Å². The monoisotopic (exact) mass is 134 g/mol. The minimum atomic E-state index is 0.527. The summed E-state index contributed by atoms with van der Waals surface area (Å²) in [7, 11) is 0. The van der Waals surface area contributed by atoms with Crippen molar-refractivity contribution in [3.63, 3.8) is 0 Å². The summed E-state index contributed by atoms with van der Waals surface area (Å²) in [6, 6.07) is 0. The van der Waals surface area contributed by atoms with Crippen LogP contribution in [0.1, 0.15) is 12.8 Å². The first kappa shape index (κ1) is 5.78. The molecule has 0 amide bonds. The Hall–Kier alpha value is -0.980. The van der Waals surface area contributed by atoms with Crippen molar-refractivity contribution in [3.8, 4) is 0 Å². The van der Waals surface area contributed by atoms with Gasteiger partial charge in [-0.2, -0.15) is 0 Å². The largest absolute Gasteiger partial charge is 0.469 e. The summed E-state index contributed by atoms with van der Waals surface area (Å²) in [6.45, 7) is 0. The van der Waals surface area contributed by atoms with E-state index in [0.29, 0.717) is 5.92 Å². The topological polar surface area (TPSA) is 9.23 Å². The Balaban J connectivity index is 2.22. The quantitative estimate of drug-likeness (QED) is 0.462. The molecule has 0 aromatic rings. The Kier molecular flexibility index (Phi) is 1.35. The molecule has 0 spiro atoms. The molecule has 0 aromatic heterocycles. The molecule has 1 aliphatic carbocycles. The van der Waals surface area contributed by atoms with E-state index in [1.165, 1.54) is 0 Å². The zero-order valence-electron chi connectivity index (χ0n) is 5.79. The van der Waals surface area contributed by atoms with Gasteiger partial charge in [-0.3, -0.25) is 0 Å². The van der Waals surface area contributed by atoms with Gasteiger partial charge in [0.2, 0.25) is 0 Å². The van der Waals surface area contributed by atoms with Crippen LogP contribution in [-0.2, 0) is 4.74 Å². The number of ether oxygens (including phenoxy) is 1. The molecule has 1 heteroatoms. The normalized spacial score (nSPS) is 28.8. The van der Waals surface area contributed by atoms with E-state index in [-0.39, 0.29) is 0 Å². The van der Waals surface area contributed by atoms with Crippen LogP contribution in [0.5, 0.6) is 0 Å².